The summed E-state index contributed by atoms with van der Waals surface area (Å²) in [5.41, 5.74) is 0. The molecular formula is C17H32O6. The molecule has 0 bridgehead atoms. The fourth-order valence-corrected chi connectivity index (χ4v) is 2.25. The third-order valence-corrected chi connectivity index (χ3v) is 3.77. The molecule has 0 spiro atoms. The first-order valence-corrected chi connectivity index (χ1v) is 8.42. The molecule has 0 aliphatic carbocycles. The first kappa shape index (κ1) is 22.1. The quantitative estimate of drug-likeness (QED) is 0.217. The number of rotatable bonds is 14. The van der Waals surface area contributed by atoms with Crippen LogP contribution in [0.5, 0.6) is 0 Å². The van der Waals surface area contributed by atoms with E-state index in [0.717, 1.165) is 51.0 Å². The lowest BCUT2D eigenvalue weighted by atomic mass is 10.0. The van der Waals surface area contributed by atoms with E-state index in [1.165, 1.54) is 13.2 Å². The number of esters is 1. The smallest absolute Gasteiger partial charge is 0.330 e. The zero-order chi connectivity index (χ0) is 17.5. The molecule has 0 saturated carbocycles. The van der Waals surface area contributed by atoms with Gasteiger partial charge in [0.05, 0.1) is 32.0 Å². The molecule has 0 aromatic carbocycles. The second-order valence-corrected chi connectivity index (χ2v) is 5.83. The highest BCUT2D eigenvalue weighted by atomic mass is 16.5. The average molecular weight is 332 g/mol. The maximum atomic E-state index is 10.9. The van der Waals surface area contributed by atoms with Crippen molar-refractivity contribution in [3.8, 4) is 0 Å². The van der Waals surface area contributed by atoms with Crippen LogP contribution >= 0.6 is 0 Å². The number of carbonyl (C=O) groups excluding carboxylic acids is 1. The van der Waals surface area contributed by atoms with Crippen LogP contribution in [0.3, 0.4) is 0 Å². The van der Waals surface area contributed by atoms with Gasteiger partial charge in [-0.3, -0.25) is 0 Å². The van der Waals surface area contributed by atoms with Gasteiger partial charge in [-0.15, -0.1) is 0 Å². The van der Waals surface area contributed by atoms with E-state index in [-0.39, 0.29) is 6.61 Å². The molecule has 3 atom stereocenters. The lowest BCUT2D eigenvalue weighted by Crippen LogP contribution is -2.23. The summed E-state index contributed by atoms with van der Waals surface area (Å²) in [5.74, 6) is -0.553. The van der Waals surface area contributed by atoms with E-state index >= 15 is 0 Å². The molecule has 6 nitrogen and oxygen atoms in total. The van der Waals surface area contributed by atoms with Gasteiger partial charge in [-0.2, -0.15) is 0 Å². The van der Waals surface area contributed by atoms with Crippen LogP contribution in [-0.4, -0.2) is 58.4 Å². The molecule has 0 amide bonds. The third-order valence-electron chi connectivity index (χ3n) is 3.77. The Labute approximate surface area is 138 Å². The van der Waals surface area contributed by atoms with E-state index in [4.69, 9.17) is 5.11 Å². The average Bonchev–Trinajstić information content (AvgIpc) is 2.56. The van der Waals surface area contributed by atoms with Crippen molar-refractivity contribution < 1.29 is 30.0 Å². The van der Waals surface area contributed by atoms with Gasteiger partial charge in [0.1, 0.15) is 0 Å². The van der Waals surface area contributed by atoms with Crippen LogP contribution < -0.4 is 0 Å². The Balaban J connectivity index is 3.50. The maximum absolute atomic E-state index is 10.9. The second kappa shape index (κ2) is 14.6. The Morgan fingerprint density at radius 3 is 2.00 bits per heavy atom. The van der Waals surface area contributed by atoms with Crippen LogP contribution in [-0.2, 0) is 9.53 Å². The summed E-state index contributed by atoms with van der Waals surface area (Å²) in [5, 5.41) is 37.3. The van der Waals surface area contributed by atoms with Crippen molar-refractivity contribution in [1.82, 2.24) is 0 Å². The number of hydrogen-bond donors (Lipinski definition) is 4. The van der Waals surface area contributed by atoms with E-state index in [9.17, 15) is 20.1 Å². The van der Waals surface area contributed by atoms with Gasteiger partial charge < -0.3 is 25.2 Å². The first-order chi connectivity index (χ1) is 11.0. The van der Waals surface area contributed by atoms with Crippen LogP contribution in [0.15, 0.2) is 12.2 Å². The Kier molecular flexibility index (Phi) is 14.0. The lowest BCUT2D eigenvalue weighted by molar-refractivity contribution is -0.134. The predicted octanol–water partition coefficient (Wildman–Crippen LogP) is 1.30. The van der Waals surface area contributed by atoms with Crippen LogP contribution in [0.4, 0.5) is 0 Å². The molecule has 0 fully saturated rings. The van der Waals surface area contributed by atoms with E-state index in [2.05, 4.69) is 4.74 Å². The molecule has 0 radical (unpaired) electrons. The minimum atomic E-state index is -1.05. The number of aliphatic hydroxyl groups excluding tert-OH is 4. The molecule has 0 aliphatic heterocycles. The summed E-state index contributed by atoms with van der Waals surface area (Å²) in [6, 6.07) is 0. The monoisotopic (exact) mass is 332 g/mol. The summed E-state index contributed by atoms with van der Waals surface area (Å²) >= 11 is 0. The van der Waals surface area contributed by atoms with E-state index in [0.29, 0.717) is 12.8 Å². The molecule has 4 N–H and O–H groups in total. The van der Waals surface area contributed by atoms with Gasteiger partial charge in [-0.05, 0) is 18.9 Å². The topological polar surface area (TPSA) is 107 Å². The molecule has 0 rings (SSSR count). The highest BCUT2D eigenvalue weighted by molar-refractivity contribution is 5.81. The van der Waals surface area contributed by atoms with Crippen molar-refractivity contribution in [2.24, 2.45) is 0 Å². The normalized spacial score (nSPS) is 15.5. The van der Waals surface area contributed by atoms with Gasteiger partial charge in [0.2, 0.25) is 0 Å². The molecule has 0 aromatic heterocycles. The molecule has 0 aliphatic rings. The summed E-state index contributed by atoms with van der Waals surface area (Å²) in [4.78, 5) is 10.9. The maximum Gasteiger partial charge on any atom is 0.330 e. The van der Waals surface area contributed by atoms with Gasteiger partial charge in [0.15, 0.2) is 0 Å². The van der Waals surface area contributed by atoms with Crippen molar-refractivity contribution in [2.75, 3.05) is 13.7 Å². The van der Waals surface area contributed by atoms with Gasteiger partial charge >= 0.3 is 5.97 Å². The van der Waals surface area contributed by atoms with Crippen LogP contribution in [0, 0.1) is 0 Å². The molecule has 6 heteroatoms. The second-order valence-electron chi connectivity index (χ2n) is 5.83. The van der Waals surface area contributed by atoms with Crippen molar-refractivity contribution in [1.29, 1.82) is 0 Å². The number of ether oxygens (including phenoxy) is 1. The third kappa shape index (κ3) is 13.2. The predicted molar refractivity (Wildman–Crippen MR) is 87.8 cm³/mol. The molecule has 136 valence electrons. The number of hydrogen-bond acceptors (Lipinski definition) is 6. The Morgan fingerprint density at radius 1 is 0.957 bits per heavy atom. The number of methoxy groups -OCH3 is 1. The van der Waals surface area contributed by atoms with Crippen LogP contribution in [0.2, 0.25) is 0 Å². The minimum Gasteiger partial charge on any atom is -0.466 e. The highest BCUT2D eigenvalue weighted by Crippen LogP contribution is 2.13. The largest absolute Gasteiger partial charge is 0.466 e. The van der Waals surface area contributed by atoms with E-state index < -0.39 is 24.3 Å². The van der Waals surface area contributed by atoms with Crippen molar-refractivity contribution in [3.05, 3.63) is 12.2 Å². The van der Waals surface area contributed by atoms with Gasteiger partial charge in [0, 0.05) is 6.08 Å². The summed E-state index contributed by atoms with van der Waals surface area (Å²) in [6.45, 7) is -0.164. The zero-order valence-electron chi connectivity index (χ0n) is 14.1. The Morgan fingerprint density at radius 2 is 1.48 bits per heavy atom. The first-order valence-electron chi connectivity index (χ1n) is 8.42. The van der Waals surface area contributed by atoms with Gasteiger partial charge in [-0.25, -0.2) is 4.79 Å². The molecule has 0 heterocycles. The number of unbranched alkanes of at least 4 members (excludes halogenated alkanes) is 6. The van der Waals surface area contributed by atoms with Crippen molar-refractivity contribution >= 4 is 5.97 Å². The zero-order valence-corrected chi connectivity index (χ0v) is 14.1. The van der Waals surface area contributed by atoms with Crippen molar-refractivity contribution in [3.63, 3.8) is 0 Å². The molecule has 0 saturated heterocycles. The standard InChI is InChI=1S/C17H32O6/c1-23-17(22)12-11-16(21)15(20)10-8-6-4-2-3-5-7-9-14(19)13-18/h11-12,14-16,18-21H,2-10,13H2,1H3/b12-11+/t14-,15-,16-/m0/s1. The Bertz CT molecular complexity index is 318. The summed E-state index contributed by atoms with van der Waals surface area (Å²) in [7, 11) is 1.25. The molecule has 0 aromatic rings. The van der Waals surface area contributed by atoms with Crippen LogP contribution in [0.1, 0.15) is 57.8 Å². The van der Waals surface area contributed by atoms with E-state index in [1.807, 2.05) is 0 Å². The van der Waals surface area contributed by atoms with Gasteiger partial charge in [-0.1, -0.05) is 44.9 Å². The van der Waals surface area contributed by atoms with Crippen LogP contribution in [0.25, 0.3) is 0 Å². The fourth-order valence-electron chi connectivity index (χ4n) is 2.25. The van der Waals surface area contributed by atoms with Gasteiger partial charge in [0.25, 0.3) is 0 Å². The number of carbonyl (C=O) groups is 1. The minimum absolute atomic E-state index is 0.164. The molecule has 23 heavy (non-hydrogen) atoms. The number of aliphatic hydroxyl groups is 4. The van der Waals surface area contributed by atoms with Crippen molar-refractivity contribution in [2.45, 2.75) is 76.1 Å². The highest BCUT2D eigenvalue weighted by Gasteiger charge is 2.13. The fraction of sp³-hybridized carbons (Fsp3) is 0.824. The lowest BCUT2D eigenvalue weighted by Gasteiger charge is -2.14. The SMILES string of the molecule is COC(=O)/C=C/[C@H](O)[C@@H](O)CCCCCCCCC[C@H](O)CO. The summed E-state index contributed by atoms with van der Waals surface area (Å²) in [6.07, 6.45) is 8.09. The Hall–Kier alpha value is -0.950. The molecule has 0 unspecified atom stereocenters. The van der Waals surface area contributed by atoms with E-state index in [1.54, 1.807) is 0 Å². The summed E-state index contributed by atoms with van der Waals surface area (Å²) < 4.78 is 4.41. The molecular weight excluding hydrogens is 300 g/mol.